The smallest absolute Gasteiger partial charge is 0.410 e. The van der Waals surface area contributed by atoms with Crippen LogP contribution in [-0.2, 0) is 18.4 Å². The van der Waals surface area contributed by atoms with Crippen molar-refractivity contribution in [2.45, 2.75) is 33.0 Å². The van der Waals surface area contributed by atoms with Gasteiger partial charge in [-0.2, -0.15) is 0 Å². The summed E-state index contributed by atoms with van der Waals surface area (Å²) in [6.45, 7) is 8.70. The number of nitrogens with zero attached hydrogens (tertiary/aromatic N) is 3. The van der Waals surface area contributed by atoms with Gasteiger partial charge in [-0.15, -0.1) is 11.3 Å². The predicted molar refractivity (Wildman–Crippen MR) is 156 cm³/mol. The molecule has 1 aliphatic rings. The molecule has 0 saturated carbocycles. The minimum absolute atomic E-state index is 0.149. The van der Waals surface area contributed by atoms with Gasteiger partial charge in [0.25, 0.3) is 5.91 Å². The minimum atomic E-state index is -0.491. The molecule has 5 rings (SSSR count). The Hall–Kier alpha value is -3.98. The van der Waals surface area contributed by atoms with E-state index in [1.165, 1.54) is 0 Å². The molecule has 2 amide bonds. The van der Waals surface area contributed by atoms with Crippen molar-refractivity contribution in [3.63, 3.8) is 0 Å². The Morgan fingerprint density at radius 2 is 1.69 bits per heavy atom. The van der Waals surface area contributed by atoms with Crippen LogP contribution in [0.2, 0.25) is 0 Å². The van der Waals surface area contributed by atoms with Crippen molar-refractivity contribution in [2.75, 3.05) is 36.4 Å². The molecule has 4 aromatic rings. The fourth-order valence-corrected chi connectivity index (χ4v) is 5.46. The van der Waals surface area contributed by atoms with E-state index >= 15 is 0 Å². The number of piperazine rings is 1. The largest absolute Gasteiger partial charge is 0.489 e. The Morgan fingerprint density at radius 3 is 2.38 bits per heavy atom. The summed E-state index contributed by atoms with van der Waals surface area (Å²) in [7, 11) is 1.91. The molecule has 204 valence electrons. The molecule has 0 spiro atoms. The summed E-state index contributed by atoms with van der Waals surface area (Å²) in [5, 5.41) is 5.08. The molecule has 1 aliphatic heterocycles. The van der Waals surface area contributed by atoms with Gasteiger partial charge in [-0.25, -0.2) is 4.79 Å². The second kappa shape index (κ2) is 11.0. The van der Waals surface area contributed by atoms with Gasteiger partial charge in [0.1, 0.15) is 23.7 Å². The van der Waals surface area contributed by atoms with Gasteiger partial charge in [-0.1, -0.05) is 18.2 Å². The van der Waals surface area contributed by atoms with Gasteiger partial charge in [0, 0.05) is 50.2 Å². The Morgan fingerprint density at radius 1 is 0.974 bits per heavy atom. The molecule has 39 heavy (non-hydrogen) atoms. The number of rotatable bonds is 6. The maximum Gasteiger partial charge on any atom is 0.410 e. The first-order valence-electron chi connectivity index (χ1n) is 13.1. The molecule has 1 saturated heterocycles. The molecular formula is C30H34N4O4S. The Kier molecular flexibility index (Phi) is 7.52. The van der Waals surface area contributed by atoms with E-state index in [0.717, 1.165) is 46.0 Å². The lowest BCUT2D eigenvalue weighted by molar-refractivity contribution is 0.0240. The number of hydrogen-bond acceptors (Lipinski definition) is 6. The zero-order valence-electron chi connectivity index (χ0n) is 22.8. The summed E-state index contributed by atoms with van der Waals surface area (Å²) < 4.78 is 14.6. The van der Waals surface area contributed by atoms with Crippen molar-refractivity contribution in [3.8, 4) is 5.75 Å². The van der Waals surface area contributed by atoms with Crippen LogP contribution in [0, 0.1) is 0 Å². The summed E-state index contributed by atoms with van der Waals surface area (Å²) in [6.07, 6.45) is -0.258. The number of benzene rings is 2. The van der Waals surface area contributed by atoms with Gasteiger partial charge in [0.2, 0.25) is 0 Å². The average molecular weight is 547 g/mol. The number of aromatic nitrogens is 1. The number of aryl methyl sites for hydroxylation is 1. The topological polar surface area (TPSA) is 76.0 Å². The number of carbonyl (C=O) groups is 2. The van der Waals surface area contributed by atoms with Crippen LogP contribution in [0.1, 0.15) is 36.8 Å². The molecule has 0 bridgehead atoms. The molecule has 0 radical (unpaired) electrons. The van der Waals surface area contributed by atoms with Crippen molar-refractivity contribution < 1.29 is 19.1 Å². The summed E-state index contributed by atoms with van der Waals surface area (Å²) in [5.41, 5.74) is 3.89. The predicted octanol–water partition coefficient (Wildman–Crippen LogP) is 6.13. The third-order valence-corrected chi connectivity index (χ3v) is 7.54. The van der Waals surface area contributed by atoms with Crippen LogP contribution in [0.5, 0.6) is 5.75 Å². The highest BCUT2D eigenvalue weighted by Crippen LogP contribution is 2.26. The van der Waals surface area contributed by atoms with Crippen LogP contribution in [0.25, 0.3) is 10.2 Å². The summed E-state index contributed by atoms with van der Waals surface area (Å²) in [4.78, 5) is 29.4. The highest BCUT2D eigenvalue weighted by atomic mass is 32.1. The van der Waals surface area contributed by atoms with Crippen LogP contribution in [-0.4, -0.2) is 53.2 Å². The fourth-order valence-electron chi connectivity index (χ4n) is 4.61. The van der Waals surface area contributed by atoms with Gasteiger partial charge in [-0.05, 0) is 68.6 Å². The molecule has 8 nitrogen and oxygen atoms in total. The summed E-state index contributed by atoms with van der Waals surface area (Å²) >= 11 is 1.62. The normalized spacial score (nSPS) is 13.9. The number of hydrogen-bond donors (Lipinski definition) is 1. The molecule has 2 aromatic carbocycles. The molecule has 0 unspecified atom stereocenters. The first-order valence-corrected chi connectivity index (χ1v) is 13.9. The molecule has 2 aromatic heterocycles. The van der Waals surface area contributed by atoms with Crippen molar-refractivity contribution >= 4 is 44.9 Å². The van der Waals surface area contributed by atoms with Crippen molar-refractivity contribution in [1.82, 2.24) is 9.47 Å². The van der Waals surface area contributed by atoms with E-state index in [2.05, 4.69) is 10.2 Å². The van der Waals surface area contributed by atoms with E-state index in [1.54, 1.807) is 16.2 Å². The average Bonchev–Trinajstić information content (AvgIpc) is 3.50. The molecule has 1 fully saturated rings. The minimum Gasteiger partial charge on any atom is -0.489 e. The molecular weight excluding hydrogens is 512 g/mol. The lowest BCUT2D eigenvalue weighted by atomic mass is 10.2. The third-order valence-electron chi connectivity index (χ3n) is 6.69. The Labute approximate surface area is 232 Å². The van der Waals surface area contributed by atoms with Crippen LogP contribution in [0.15, 0.2) is 66.0 Å². The maximum atomic E-state index is 13.0. The second-order valence-corrected chi connectivity index (χ2v) is 11.6. The van der Waals surface area contributed by atoms with Gasteiger partial charge >= 0.3 is 6.09 Å². The quantitative estimate of drug-likeness (QED) is 0.315. The Bertz CT molecular complexity index is 1460. The van der Waals surface area contributed by atoms with Crippen molar-refractivity contribution in [1.29, 1.82) is 0 Å². The van der Waals surface area contributed by atoms with Crippen LogP contribution >= 0.6 is 11.3 Å². The molecule has 1 N–H and O–H groups in total. The highest BCUT2D eigenvalue weighted by Gasteiger charge is 2.26. The van der Waals surface area contributed by atoms with E-state index < -0.39 is 5.60 Å². The zero-order chi connectivity index (χ0) is 27.6. The molecule has 0 aliphatic carbocycles. The van der Waals surface area contributed by atoms with Crippen LogP contribution in [0.3, 0.4) is 0 Å². The van der Waals surface area contributed by atoms with Gasteiger partial charge in [0.15, 0.2) is 0 Å². The van der Waals surface area contributed by atoms with E-state index in [1.807, 2.05) is 98.4 Å². The highest BCUT2D eigenvalue weighted by molar-refractivity contribution is 7.17. The number of carbonyl (C=O) groups excluding carboxylic acids is 2. The van der Waals surface area contributed by atoms with E-state index in [0.29, 0.717) is 25.4 Å². The molecule has 9 heteroatoms. The monoisotopic (exact) mass is 546 g/mol. The SMILES string of the molecule is Cn1c(C(=O)Nc2ccccc2COc2ccc(N3CCN(C(=O)OC(C)(C)C)CC3)cc2)cc2sccc21. The number of para-hydroxylation sites is 1. The third kappa shape index (κ3) is 6.20. The number of ether oxygens (including phenoxy) is 2. The van der Waals surface area contributed by atoms with Crippen LogP contribution < -0.4 is 15.0 Å². The fraction of sp³-hybridized carbons (Fsp3) is 0.333. The van der Waals surface area contributed by atoms with Crippen molar-refractivity contribution in [2.24, 2.45) is 7.05 Å². The lowest BCUT2D eigenvalue weighted by Gasteiger charge is -2.36. The van der Waals surface area contributed by atoms with Crippen LogP contribution in [0.4, 0.5) is 16.2 Å². The van der Waals surface area contributed by atoms with E-state index in [4.69, 9.17) is 9.47 Å². The second-order valence-electron chi connectivity index (χ2n) is 10.6. The summed E-state index contributed by atoms with van der Waals surface area (Å²) in [6, 6.07) is 19.6. The van der Waals surface area contributed by atoms with Crippen molar-refractivity contribution in [3.05, 3.63) is 77.3 Å². The number of thiophene rings is 1. The van der Waals surface area contributed by atoms with Gasteiger partial charge < -0.3 is 29.2 Å². The molecule has 0 atom stereocenters. The number of amides is 2. The van der Waals surface area contributed by atoms with Gasteiger partial charge in [0.05, 0.1) is 10.2 Å². The first kappa shape index (κ1) is 26.6. The standard InChI is InChI=1S/C30H34N4O4S/c1-30(2,3)38-29(36)34-16-14-33(15-17-34)22-9-11-23(12-10-22)37-20-21-7-5-6-8-24(21)31-28(35)26-19-27-25(32(26)4)13-18-39-27/h5-13,18-19H,14-17,20H2,1-4H3,(H,31,35). The zero-order valence-corrected chi connectivity index (χ0v) is 23.6. The van der Waals surface area contributed by atoms with E-state index in [-0.39, 0.29) is 12.0 Å². The van der Waals surface area contributed by atoms with Gasteiger partial charge in [-0.3, -0.25) is 4.79 Å². The number of fused-ring (bicyclic) bond motifs is 1. The summed E-state index contributed by atoms with van der Waals surface area (Å²) in [5.74, 6) is 0.597. The molecule has 3 heterocycles. The maximum absolute atomic E-state index is 13.0. The number of anilines is 2. The Balaban J connectivity index is 1.16. The lowest BCUT2D eigenvalue weighted by Crippen LogP contribution is -2.50. The number of nitrogens with one attached hydrogen (secondary N) is 1. The van der Waals surface area contributed by atoms with E-state index in [9.17, 15) is 9.59 Å². The first-order chi connectivity index (χ1) is 18.7.